The quantitative estimate of drug-likeness (QED) is 0.240. The first-order valence-electron chi connectivity index (χ1n) is 16.2. The molecule has 1 saturated carbocycles. The maximum atomic E-state index is 14.0. The van der Waals surface area contributed by atoms with Gasteiger partial charge in [0.05, 0.1) is 18.1 Å². The number of carbonyl (C=O) groups excluding carboxylic acids is 2. The summed E-state index contributed by atoms with van der Waals surface area (Å²) in [6.07, 6.45) is 3.73. The topological polar surface area (TPSA) is 122 Å². The molecular formula is C36H41ClN6O4. The number of carbonyl (C=O) groups is 2. The van der Waals surface area contributed by atoms with E-state index in [2.05, 4.69) is 20.7 Å². The predicted octanol–water partition coefficient (Wildman–Crippen LogP) is 5.60. The van der Waals surface area contributed by atoms with Gasteiger partial charge >= 0.3 is 0 Å². The van der Waals surface area contributed by atoms with Gasteiger partial charge in [-0.3, -0.25) is 9.59 Å². The lowest BCUT2D eigenvalue weighted by Gasteiger charge is -2.51. The van der Waals surface area contributed by atoms with Crippen molar-refractivity contribution >= 4 is 23.4 Å². The lowest BCUT2D eigenvalue weighted by Crippen LogP contribution is -2.59. The molecule has 3 aromatic carbocycles. The van der Waals surface area contributed by atoms with E-state index in [-0.39, 0.29) is 30.5 Å². The number of ether oxygens (including phenoxy) is 1. The van der Waals surface area contributed by atoms with Crippen molar-refractivity contribution in [3.8, 4) is 11.4 Å². The fourth-order valence-electron chi connectivity index (χ4n) is 6.89. The number of benzene rings is 3. The van der Waals surface area contributed by atoms with Crippen LogP contribution >= 0.6 is 11.6 Å². The Bertz CT molecular complexity index is 1700. The molecule has 10 nitrogen and oxygen atoms in total. The van der Waals surface area contributed by atoms with Gasteiger partial charge in [-0.1, -0.05) is 92.9 Å². The highest BCUT2D eigenvalue weighted by atomic mass is 35.5. The van der Waals surface area contributed by atoms with E-state index in [0.717, 1.165) is 30.4 Å². The first kappa shape index (κ1) is 32.8. The number of nitrogens with zero attached hydrogens (tertiary/aromatic N) is 5. The Morgan fingerprint density at radius 3 is 2.55 bits per heavy atom. The van der Waals surface area contributed by atoms with Crippen LogP contribution in [0.5, 0.6) is 0 Å². The monoisotopic (exact) mass is 656 g/mol. The van der Waals surface area contributed by atoms with Crippen LogP contribution in [0.3, 0.4) is 0 Å². The van der Waals surface area contributed by atoms with Crippen molar-refractivity contribution in [1.82, 2.24) is 30.4 Å². The number of rotatable bonds is 9. The number of halogens is 1. The van der Waals surface area contributed by atoms with Crippen molar-refractivity contribution in [2.75, 3.05) is 13.1 Å². The molecule has 2 heterocycles. The highest BCUT2D eigenvalue weighted by Crippen LogP contribution is 2.46. The van der Waals surface area contributed by atoms with E-state index in [0.29, 0.717) is 54.5 Å². The Morgan fingerprint density at radius 1 is 1.02 bits per heavy atom. The Kier molecular flexibility index (Phi) is 9.72. The summed E-state index contributed by atoms with van der Waals surface area (Å²) in [6, 6.07) is 24.0. The summed E-state index contributed by atoms with van der Waals surface area (Å²) in [5, 5.41) is 28.3. The zero-order valence-corrected chi connectivity index (χ0v) is 27.6. The molecule has 3 atom stereocenters. The van der Waals surface area contributed by atoms with Crippen LogP contribution in [-0.4, -0.2) is 61.2 Å². The summed E-state index contributed by atoms with van der Waals surface area (Å²) in [5.41, 5.74) is 1.30. The van der Waals surface area contributed by atoms with Gasteiger partial charge in [-0.05, 0) is 59.9 Å². The standard InChI is InChI=1S/C36H41ClN6O4/c1-35(2)23-42(20-19-36(35,46)28-15-17-29(37)18-16-28)34(45)30-13-6-7-14-31(30)38-33(44)27-12-8-11-26(21-27)32-39-41-43(40-32)24-47-22-25-9-4-3-5-10-25/h3-5,8-12,15-18,21,30-31,46H,6-7,13-14,19-20,22-24H2,1-2H3,(H,38,44)/t30-,31+,36-/m0/s1. The van der Waals surface area contributed by atoms with Crippen LogP contribution in [0.15, 0.2) is 78.9 Å². The third kappa shape index (κ3) is 7.25. The molecule has 47 heavy (non-hydrogen) atoms. The molecule has 246 valence electrons. The summed E-state index contributed by atoms with van der Waals surface area (Å²) in [5.74, 6) is -0.151. The minimum absolute atomic E-state index is 0.0327. The van der Waals surface area contributed by atoms with E-state index < -0.39 is 11.0 Å². The van der Waals surface area contributed by atoms with Gasteiger partial charge < -0.3 is 20.1 Å². The Labute approximate surface area is 280 Å². The molecule has 0 unspecified atom stereocenters. The smallest absolute Gasteiger partial charge is 0.251 e. The van der Waals surface area contributed by atoms with Crippen LogP contribution in [0.4, 0.5) is 0 Å². The zero-order valence-electron chi connectivity index (χ0n) is 26.8. The second kappa shape index (κ2) is 13.9. The molecule has 4 aromatic rings. The maximum absolute atomic E-state index is 14.0. The second-order valence-corrected chi connectivity index (χ2v) is 13.7. The largest absolute Gasteiger partial charge is 0.384 e. The van der Waals surface area contributed by atoms with Gasteiger partial charge in [-0.2, -0.15) is 0 Å². The summed E-state index contributed by atoms with van der Waals surface area (Å²) in [7, 11) is 0. The van der Waals surface area contributed by atoms with E-state index in [1.165, 1.54) is 4.80 Å². The molecular weight excluding hydrogens is 616 g/mol. The van der Waals surface area contributed by atoms with E-state index in [1.54, 1.807) is 30.3 Å². The van der Waals surface area contributed by atoms with Gasteiger partial charge in [-0.15, -0.1) is 15.0 Å². The van der Waals surface area contributed by atoms with Gasteiger partial charge in [-0.25, -0.2) is 0 Å². The van der Waals surface area contributed by atoms with Crippen LogP contribution in [-0.2, 0) is 28.5 Å². The lowest BCUT2D eigenvalue weighted by atomic mass is 9.66. The normalized spacial score (nSPS) is 22.5. The number of likely N-dealkylation sites (tertiary alicyclic amines) is 1. The van der Waals surface area contributed by atoms with Gasteiger partial charge in [0, 0.05) is 40.7 Å². The highest BCUT2D eigenvalue weighted by molar-refractivity contribution is 6.30. The van der Waals surface area contributed by atoms with Crippen molar-refractivity contribution in [2.45, 2.75) is 70.9 Å². The Morgan fingerprint density at radius 2 is 1.79 bits per heavy atom. The summed E-state index contributed by atoms with van der Waals surface area (Å²) >= 11 is 6.10. The number of tetrazole rings is 1. The first-order valence-corrected chi connectivity index (χ1v) is 16.6. The molecule has 6 rings (SSSR count). The molecule has 2 aliphatic rings. The van der Waals surface area contributed by atoms with Crippen LogP contribution in [0, 0.1) is 11.3 Å². The van der Waals surface area contributed by atoms with E-state index in [9.17, 15) is 14.7 Å². The summed E-state index contributed by atoms with van der Waals surface area (Å²) < 4.78 is 5.71. The van der Waals surface area contributed by atoms with Crippen molar-refractivity contribution in [1.29, 1.82) is 0 Å². The van der Waals surface area contributed by atoms with Crippen molar-refractivity contribution in [2.24, 2.45) is 11.3 Å². The van der Waals surface area contributed by atoms with Crippen molar-refractivity contribution in [3.05, 3.63) is 101 Å². The lowest BCUT2D eigenvalue weighted by molar-refractivity contribution is -0.158. The summed E-state index contributed by atoms with van der Waals surface area (Å²) in [4.78, 5) is 30.8. The molecule has 1 saturated heterocycles. The van der Waals surface area contributed by atoms with Crippen LogP contribution in [0.25, 0.3) is 11.4 Å². The van der Waals surface area contributed by atoms with E-state index in [4.69, 9.17) is 16.3 Å². The van der Waals surface area contributed by atoms with Gasteiger partial charge in [0.25, 0.3) is 5.91 Å². The Hall–Kier alpha value is -4.12. The first-order chi connectivity index (χ1) is 22.6. The predicted molar refractivity (Wildman–Crippen MR) is 178 cm³/mol. The van der Waals surface area contributed by atoms with E-state index >= 15 is 0 Å². The average Bonchev–Trinajstić information content (AvgIpc) is 3.56. The van der Waals surface area contributed by atoms with Crippen LogP contribution in [0.2, 0.25) is 5.02 Å². The Balaban J connectivity index is 1.09. The van der Waals surface area contributed by atoms with Gasteiger partial charge in [0.15, 0.2) is 6.73 Å². The number of hydrogen-bond donors (Lipinski definition) is 2. The van der Waals surface area contributed by atoms with Crippen LogP contribution < -0.4 is 5.32 Å². The molecule has 2 fully saturated rings. The number of piperidine rings is 1. The number of aliphatic hydroxyl groups is 1. The number of hydrogen-bond acceptors (Lipinski definition) is 7. The second-order valence-electron chi connectivity index (χ2n) is 13.3. The fourth-order valence-corrected chi connectivity index (χ4v) is 7.01. The zero-order chi connectivity index (χ0) is 33.0. The average molecular weight is 657 g/mol. The molecule has 1 aliphatic carbocycles. The third-order valence-electron chi connectivity index (χ3n) is 9.64. The van der Waals surface area contributed by atoms with Crippen molar-refractivity contribution < 1.29 is 19.4 Å². The molecule has 1 aliphatic heterocycles. The minimum Gasteiger partial charge on any atom is -0.384 e. The molecule has 11 heteroatoms. The van der Waals surface area contributed by atoms with E-state index in [1.807, 2.05) is 67.3 Å². The van der Waals surface area contributed by atoms with Gasteiger partial charge in [0.2, 0.25) is 11.7 Å². The third-order valence-corrected chi connectivity index (χ3v) is 9.89. The van der Waals surface area contributed by atoms with Crippen LogP contribution in [0.1, 0.15) is 67.4 Å². The number of aromatic nitrogens is 4. The number of nitrogens with one attached hydrogen (secondary N) is 1. The highest BCUT2D eigenvalue weighted by Gasteiger charge is 2.50. The van der Waals surface area contributed by atoms with Crippen molar-refractivity contribution in [3.63, 3.8) is 0 Å². The molecule has 2 N–H and O–H groups in total. The summed E-state index contributed by atoms with van der Waals surface area (Å²) in [6.45, 7) is 5.42. The minimum atomic E-state index is -1.09. The number of amides is 2. The molecule has 1 aromatic heterocycles. The molecule has 2 amide bonds. The molecule has 0 radical (unpaired) electrons. The molecule has 0 spiro atoms. The molecule has 0 bridgehead atoms. The fraction of sp³-hybridized carbons (Fsp3) is 0.417. The maximum Gasteiger partial charge on any atom is 0.251 e. The van der Waals surface area contributed by atoms with Gasteiger partial charge in [0.1, 0.15) is 0 Å². The SMILES string of the molecule is CC1(C)CN(C(=O)[C@H]2CCCC[C@H]2NC(=O)c2cccc(-c3nnn(COCc4ccccc4)n3)c2)CC[C@]1(O)c1ccc(Cl)cc1.